The molecule has 2 atom stereocenters. The Morgan fingerprint density at radius 1 is 1.15 bits per heavy atom. The first-order chi connectivity index (χ1) is 15.7. The molecule has 1 saturated heterocycles. The number of carbonyl (C=O) groups excluding carboxylic acids is 2. The number of nitrogens with zero attached hydrogens (tertiary/aromatic N) is 2. The van der Waals surface area contributed by atoms with Crippen LogP contribution in [0.3, 0.4) is 0 Å². The number of nitrogens with two attached hydrogens (primary N) is 1. The predicted octanol–water partition coefficient (Wildman–Crippen LogP) is 2.58. The molecule has 5 N–H and O–H groups in total. The fourth-order valence-corrected chi connectivity index (χ4v) is 8.64. The van der Waals surface area contributed by atoms with Gasteiger partial charge in [-0.2, -0.15) is 4.31 Å². The summed E-state index contributed by atoms with van der Waals surface area (Å²) in [5, 5.41) is 3.20. The molecule has 33 heavy (non-hydrogen) atoms. The zero-order valence-electron chi connectivity index (χ0n) is 19.0. The Morgan fingerprint density at radius 2 is 1.82 bits per heavy atom. The van der Waals surface area contributed by atoms with Gasteiger partial charge < -0.3 is 15.8 Å². The second kappa shape index (κ2) is 8.33. The Hall–Kier alpha value is -2.01. The first-order valence-electron chi connectivity index (χ1n) is 11.8. The van der Waals surface area contributed by atoms with Crippen LogP contribution in [-0.4, -0.2) is 58.0 Å². The first kappa shape index (κ1) is 22.8. The van der Waals surface area contributed by atoms with Gasteiger partial charge in [0.25, 0.3) is 0 Å². The molecule has 4 bridgehead atoms. The third-order valence-corrected chi connectivity index (χ3v) is 10.2. The minimum absolute atomic E-state index is 0.0331. The Kier molecular flexibility index (Phi) is 5.75. The van der Waals surface area contributed by atoms with Gasteiger partial charge in [0.2, 0.25) is 11.8 Å². The maximum atomic E-state index is 13.0. The Labute approximate surface area is 196 Å². The van der Waals surface area contributed by atoms with Crippen molar-refractivity contribution in [3.8, 4) is 5.75 Å². The second-order valence-electron chi connectivity index (χ2n) is 10.2. The first-order valence-corrected chi connectivity index (χ1v) is 13.2. The van der Waals surface area contributed by atoms with E-state index in [0.29, 0.717) is 36.9 Å². The van der Waals surface area contributed by atoms with Gasteiger partial charge in [0.05, 0.1) is 19.3 Å². The number of nitrogens with one attached hydrogen (secondary N) is 1. The number of hydrogen-bond donors (Lipinski definition) is 4. The van der Waals surface area contributed by atoms with E-state index in [1.807, 2.05) is 0 Å². The standard InChI is InChI=1S/C23H34N4O5S/c1-32-19-5-3-18(4-6-19)27-8-2-7-26(33(27,30)31)14-20(28)25-21-16-9-15-10-17(21)13-23(11-15,12-16)22(24)29/h3-6,15-17,21,30-31H,2,7-14H2,1H3,(H2,24,29)(H,25,28). The van der Waals surface area contributed by atoms with E-state index >= 15 is 0 Å². The van der Waals surface area contributed by atoms with Gasteiger partial charge in [0, 0.05) is 24.5 Å². The summed E-state index contributed by atoms with van der Waals surface area (Å²) < 4.78 is 30.4. The van der Waals surface area contributed by atoms with E-state index in [1.165, 1.54) is 4.31 Å². The number of amides is 2. The normalized spacial score (nSPS) is 35.8. The Balaban J connectivity index is 1.25. The molecule has 2 unspecified atom stereocenters. The van der Waals surface area contributed by atoms with Crippen molar-refractivity contribution in [3.05, 3.63) is 24.3 Å². The molecule has 5 aliphatic rings. The van der Waals surface area contributed by atoms with Crippen LogP contribution >= 0.6 is 11.0 Å². The van der Waals surface area contributed by atoms with Gasteiger partial charge in [-0.25, -0.2) is 0 Å². The highest BCUT2D eigenvalue weighted by atomic mass is 32.3. The maximum absolute atomic E-state index is 13.0. The minimum Gasteiger partial charge on any atom is -0.497 e. The van der Waals surface area contributed by atoms with Crippen molar-refractivity contribution in [3.63, 3.8) is 0 Å². The van der Waals surface area contributed by atoms with Crippen LogP contribution in [0.15, 0.2) is 24.3 Å². The molecule has 1 aromatic carbocycles. The molecule has 1 heterocycles. The van der Waals surface area contributed by atoms with Crippen molar-refractivity contribution in [2.45, 2.75) is 44.6 Å². The summed E-state index contributed by atoms with van der Waals surface area (Å²) in [6.07, 6.45) is 5.18. The summed E-state index contributed by atoms with van der Waals surface area (Å²) in [4.78, 5) is 25.2. The van der Waals surface area contributed by atoms with E-state index in [4.69, 9.17) is 10.5 Å². The lowest BCUT2D eigenvalue weighted by Crippen LogP contribution is -2.62. The lowest BCUT2D eigenvalue weighted by molar-refractivity contribution is -0.147. The lowest BCUT2D eigenvalue weighted by atomic mass is 9.47. The quantitative estimate of drug-likeness (QED) is 0.495. The van der Waals surface area contributed by atoms with Gasteiger partial charge >= 0.3 is 0 Å². The molecule has 0 aromatic heterocycles. The molecule has 9 nitrogen and oxygen atoms in total. The molecular weight excluding hydrogens is 444 g/mol. The molecule has 5 fully saturated rings. The Bertz CT molecular complexity index is 910. The molecule has 0 radical (unpaired) electrons. The average molecular weight is 479 g/mol. The maximum Gasteiger partial charge on any atom is 0.236 e. The van der Waals surface area contributed by atoms with Crippen molar-refractivity contribution in [1.29, 1.82) is 0 Å². The summed E-state index contributed by atoms with van der Waals surface area (Å²) in [5.41, 5.74) is 6.06. The largest absolute Gasteiger partial charge is 0.497 e. The van der Waals surface area contributed by atoms with E-state index in [9.17, 15) is 18.7 Å². The number of carbonyl (C=O) groups is 2. The second-order valence-corrected chi connectivity index (χ2v) is 12.2. The van der Waals surface area contributed by atoms with E-state index in [-0.39, 0.29) is 41.7 Å². The number of hydrogen-bond acceptors (Lipinski definition) is 7. The highest BCUT2D eigenvalue weighted by Gasteiger charge is 2.58. The molecular formula is C23H34N4O5S. The van der Waals surface area contributed by atoms with Gasteiger partial charge in [-0.3, -0.25) is 23.0 Å². The molecule has 6 rings (SSSR count). The highest BCUT2D eigenvalue weighted by Crippen LogP contribution is 2.60. The van der Waals surface area contributed by atoms with Crippen LogP contribution < -0.4 is 20.1 Å². The molecule has 0 spiro atoms. The summed E-state index contributed by atoms with van der Waals surface area (Å²) in [6.45, 7) is 0.859. The zero-order chi connectivity index (χ0) is 23.4. The molecule has 4 saturated carbocycles. The van der Waals surface area contributed by atoms with Crippen molar-refractivity contribution in [1.82, 2.24) is 9.62 Å². The topological polar surface area (TPSA) is 128 Å². The van der Waals surface area contributed by atoms with Crippen LogP contribution in [0.2, 0.25) is 0 Å². The SMILES string of the molecule is COc1ccc(N2CCCN(CC(=O)NC3C4CC5CC3CC(C(N)=O)(C5)C4)S2(O)O)cc1. The summed E-state index contributed by atoms with van der Waals surface area (Å²) >= 11 is 0. The van der Waals surface area contributed by atoms with Crippen LogP contribution in [0.1, 0.15) is 38.5 Å². The molecule has 1 aromatic rings. The minimum atomic E-state index is -3.31. The number of methoxy groups -OCH3 is 1. The number of rotatable bonds is 6. The molecule has 10 heteroatoms. The van der Waals surface area contributed by atoms with E-state index in [0.717, 1.165) is 32.1 Å². The molecule has 4 aliphatic carbocycles. The number of primary amides is 1. The van der Waals surface area contributed by atoms with Crippen molar-refractivity contribution in [2.24, 2.45) is 28.9 Å². The monoisotopic (exact) mass is 478 g/mol. The van der Waals surface area contributed by atoms with Crippen LogP contribution in [0.25, 0.3) is 0 Å². The van der Waals surface area contributed by atoms with Crippen molar-refractivity contribution >= 4 is 28.5 Å². The predicted molar refractivity (Wildman–Crippen MR) is 126 cm³/mol. The van der Waals surface area contributed by atoms with Gasteiger partial charge in [-0.1, -0.05) is 11.0 Å². The average Bonchev–Trinajstić information content (AvgIpc) is 2.77. The third-order valence-electron chi connectivity index (χ3n) is 8.21. The third kappa shape index (κ3) is 3.96. The van der Waals surface area contributed by atoms with E-state index < -0.39 is 11.0 Å². The van der Waals surface area contributed by atoms with Crippen molar-refractivity contribution < 1.29 is 23.4 Å². The highest BCUT2D eigenvalue weighted by molar-refractivity contribution is 8.23. The van der Waals surface area contributed by atoms with Gasteiger partial charge in [-0.15, -0.1) is 0 Å². The molecule has 1 aliphatic heterocycles. The van der Waals surface area contributed by atoms with Gasteiger partial charge in [0.1, 0.15) is 5.75 Å². The van der Waals surface area contributed by atoms with E-state index in [2.05, 4.69) is 5.32 Å². The van der Waals surface area contributed by atoms with Gasteiger partial charge in [-0.05, 0) is 80.5 Å². The van der Waals surface area contributed by atoms with Crippen LogP contribution in [0.4, 0.5) is 5.69 Å². The Morgan fingerprint density at radius 3 is 2.42 bits per heavy atom. The summed E-state index contributed by atoms with van der Waals surface area (Å²) in [6, 6.07) is 7.17. The smallest absolute Gasteiger partial charge is 0.236 e. The van der Waals surface area contributed by atoms with Crippen LogP contribution in [0, 0.1) is 23.2 Å². The summed E-state index contributed by atoms with van der Waals surface area (Å²) in [7, 11) is -1.73. The van der Waals surface area contributed by atoms with E-state index in [1.54, 1.807) is 35.7 Å². The molecule has 182 valence electrons. The fraction of sp³-hybridized carbons (Fsp3) is 0.652. The van der Waals surface area contributed by atoms with Crippen LogP contribution in [-0.2, 0) is 9.59 Å². The molecule has 2 amide bonds. The van der Waals surface area contributed by atoms with Crippen molar-refractivity contribution in [2.75, 3.05) is 31.0 Å². The number of ether oxygens (including phenoxy) is 1. The number of anilines is 1. The zero-order valence-corrected chi connectivity index (χ0v) is 19.8. The summed E-state index contributed by atoms with van der Waals surface area (Å²) in [5.74, 6) is 1.37. The van der Waals surface area contributed by atoms with Gasteiger partial charge in [0.15, 0.2) is 0 Å². The fourth-order valence-electron chi connectivity index (χ4n) is 6.91. The number of benzene rings is 1. The van der Waals surface area contributed by atoms with Crippen LogP contribution in [0.5, 0.6) is 5.75 Å². The lowest BCUT2D eigenvalue weighted by Gasteiger charge is -2.59.